The summed E-state index contributed by atoms with van der Waals surface area (Å²) >= 11 is 6.09. The molecular weight excluding hydrogens is 390 g/mol. The Bertz CT molecular complexity index is 1250. The highest BCUT2D eigenvalue weighted by molar-refractivity contribution is 6.30. The van der Waals surface area contributed by atoms with E-state index < -0.39 is 0 Å². The average Bonchev–Trinajstić information content (AvgIpc) is 3.20. The smallest absolute Gasteiger partial charge is 0.231 e. The summed E-state index contributed by atoms with van der Waals surface area (Å²) in [6.07, 6.45) is 1.97. The topological polar surface area (TPSA) is 73.6 Å². The van der Waals surface area contributed by atoms with Crippen LogP contribution in [-0.4, -0.2) is 26.6 Å². The van der Waals surface area contributed by atoms with Crippen LogP contribution in [0.1, 0.15) is 24.2 Å². The van der Waals surface area contributed by atoms with Crippen LogP contribution in [0.4, 0.5) is 11.5 Å². The number of nitrogens with zero attached hydrogens (tertiary/aromatic N) is 4. The second kappa shape index (κ2) is 6.09. The number of nitrogens with one attached hydrogen (secondary N) is 1. The molecule has 0 saturated heterocycles. The van der Waals surface area contributed by atoms with Gasteiger partial charge in [0.1, 0.15) is 0 Å². The van der Waals surface area contributed by atoms with E-state index >= 15 is 0 Å². The fourth-order valence-electron chi connectivity index (χ4n) is 3.83. The minimum atomic E-state index is -0.206. The number of anilines is 2. The minimum Gasteiger partial charge on any atom is -0.454 e. The first kappa shape index (κ1) is 16.6. The number of aromatic nitrogens is 4. The third kappa shape index (κ3) is 2.69. The van der Waals surface area contributed by atoms with Crippen LogP contribution in [0, 0.1) is 0 Å². The number of fused-ring (bicyclic) bond motifs is 2. The fraction of sp³-hybridized carbons (Fsp3) is 0.190. The zero-order valence-corrected chi connectivity index (χ0v) is 16.1. The van der Waals surface area contributed by atoms with E-state index in [9.17, 15) is 0 Å². The van der Waals surface area contributed by atoms with Crippen molar-refractivity contribution in [1.82, 2.24) is 19.8 Å². The van der Waals surface area contributed by atoms with Crippen LogP contribution in [0.2, 0.25) is 5.02 Å². The summed E-state index contributed by atoms with van der Waals surface area (Å²) in [6.45, 7) is 0.264. The van der Waals surface area contributed by atoms with Gasteiger partial charge < -0.3 is 14.8 Å². The van der Waals surface area contributed by atoms with Crippen LogP contribution < -0.4 is 14.8 Å². The van der Waals surface area contributed by atoms with Gasteiger partial charge in [-0.1, -0.05) is 23.7 Å². The highest BCUT2D eigenvalue weighted by Crippen LogP contribution is 2.54. The molecule has 0 radical (unpaired) electrons. The Kier molecular flexibility index (Phi) is 3.49. The van der Waals surface area contributed by atoms with Gasteiger partial charge in [-0.3, -0.25) is 0 Å². The molecule has 0 atom stereocenters. The van der Waals surface area contributed by atoms with Crippen LogP contribution in [0.15, 0.2) is 54.6 Å². The van der Waals surface area contributed by atoms with Gasteiger partial charge in [-0.25, -0.2) is 0 Å². The van der Waals surface area contributed by atoms with Gasteiger partial charge in [-0.2, -0.15) is 4.52 Å². The molecular formula is C21H16ClN5O2. The lowest BCUT2D eigenvalue weighted by Crippen LogP contribution is -2.15. The van der Waals surface area contributed by atoms with Gasteiger partial charge in [-0.05, 0) is 60.9 Å². The van der Waals surface area contributed by atoms with Gasteiger partial charge >= 0.3 is 0 Å². The molecule has 0 amide bonds. The van der Waals surface area contributed by atoms with E-state index in [-0.39, 0.29) is 12.2 Å². The Morgan fingerprint density at radius 2 is 1.86 bits per heavy atom. The van der Waals surface area contributed by atoms with Crippen molar-refractivity contribution in [1.29, 1.82) is 0 Å². The van der Waals surface area contributed by atoms with E-state index in [1.807, 2.05) is 53.0 Å². The molecule has 1 fully saturated rings. The number of hydrogen-bond donors (Lipinski definition) is 1. The van der Waals surface area contributed by atoms with Crippen LogP contribution in [0.3, 0.4) is 0 Å². The molecule has 29 heavy (non-hydrogen) atoms. The Labute approximate surface area is 171 Å². The summed E-state index contributed by atoms with van der Waals surface area (Å²) in [4.78, 5) is 0. The maximum atomic E-state index is 6.09. The molecule has 0 unspecified atom stereocenters. The third-order valence-corrected chi connectivity index (χ3v) is 5.70. The van der Waals surface area contributed by atoms with Crippen molar-refractivity contribution in [3.05, 3.63) is 71.0 Å². The normalized spacial score (nSPS) is 16.2. The fourth-order valence-corrected chi connectivity index (χ4v) is 4.02. The number of benzene rings is 2. The first-order valence-electron chi connectivity index (χ1n) is 9.37. The summed E-state index contributed by atoms with van der Waals surface area (Å²) in [5.74, 6) is 3.09. The molecule has 1 aliphatic heterocycles. The zero-order valence-electron chi connectivity index (χ0n) is 15.3. The van der Waals surface area contributed by atoms with Crippen molar-refractivity contribution >= 4 is 28.8 Å². The van der Waals surface area contributed by atoms with E-state index in [0.717, 1.165) is 41.4 Å². The molecule has 2 aromatic carbocycles. The Morgan fingerprint density at radius 3 is 2.72 bits per heavy atom. The molecule has 6 rings (SSSR count). The standard InChI is InChI=1S/C21H16ClN5O2/c22-14-2-1-3-15(11-14)23-18-6-7-19-24-25-20(27(19)26-18)21(8-9-21)13-4-5-16-17(10-13)29-12-28-16/h1-7,10-11H,8-9,12H2,(H,23,26). The third-order valence-electron chi connectivity index (χ3n) is 5.46. The lowest BCUT2D eigenvalue weighted by molar-refractivity contribution is 0.174. The van der Waals surface area contributed by atoms with Crippen molar-refractivity contribution in [2.24, 2.45) is 0 Å². The SMILES string of the molecule is Clc1cccc(Nc2ccc3nnc(C4(c5ccc6c(c5)OCO6)CC4)n3n2)c1. The van der Waals surface area contributed by atoms with E-state index in [2.05, 4.69) is 21.6 Å². The molecule has 7 nitrogen and oxygen atoms in total. The number of rotatable bonds is 4. The maximum absolute atomic E-state index is 6.09. The van der Waals surface area contributed by atoms with E-state index in [1.165, 1.54) is 0 Å². The lowest BCUT2D eigenvalue weighted by atomic mass is 9.95. The molecule has 0 spiro atoms. The van der Waals surface area contributed by atoms with E-state index in [4.69, 9.17) is 26.2 Å². The Balaban J connectivity index is 1.40. The molecule has 3 heterocycles. The van der Waals surface area contributed by atoms with Gasteiger partial charge in [0.25, 0.3) is 0 Å². The van der Waals surface area contributed by atoms with Crippen LogP contribution >= 0.6 is 11.6 Å². The number of ether oxygens (including phenoxy) is 2. The van der Waals surface area contributed by atoms with E-state index in [0.29, 0.717) is 16.5 Å². The molecule has 0 bridgehead atoms. The second-order valence-corrected chi connectivity index (χ2v) is 7.73. The molecule has 1 saturated carbocycles. The van der Waals surface area contributed by atoms with Gasteiger partial charge in [0, 0.05) is 10.7 Å². The maximum Gasteiger partial charge on any atom is 0.231 e. The Hall–Kier alpha value is -3.32. The predicted molar refractivity (Wildman–Crippen MR) is 108 cm³/mol. The lowest BCUT2D eigenvalue weighted by Gasteiger charge is -2.14. The van der Waals surface area contributed by atoms with Crippen molar-refractivity contribution in [3.8, 4) is 11.5 Å². The van der Waals surface area contributed by atoms with Crippen molar-refractivity contribution < 1.29 is 9.47 Å². The second-order valence-electron chi connectivity index (χ2n) is 7.30. The van der Waals surface area contributed by atoms with Gasteiger partial charge in [-0.15, -0.1) is 15.3 Å². The molecule has 2 aliphatic rings. The predicted octanol–water partition coefficient (Wildman–Crippen LogP) is 4.33. The van der Waals surface area contributed by atoms with Crippen LogP contribution in [-0.2, 0) is 5.41 Å². The van der Waals surface area contributed by atoms with E-state index in [1.54, 1.807) is 0 Å². The Morgan fingerprint density at radius 1 is 0.966 bits per heavy atom. The first-order valence-corrected chi connectivity index (χ1v) is 9.75. The molecule has 1 N–H and O–H groups in total. The van der Waals surface area contributed by atoms with Gasteiger partial charge in [0.15, 0.2) is 28.8 Å². The summed E-state index contributed by atoms with van der Waals surface area (Å²) in [6, 6.07) is 17.4. The summed E-state index contributed by atoms with van der Waals surface area (Å²) in [5, 5.41) is 17.5. The largest absolute Gasteiger partial charge is 0.454 e. The molecule has 2 aromatic heterocycles. The molecule has 8 heteroatoms. The number of halogens is 1. The van der Waals surface area contributed by atoms with Crippen LogP contribution in [0.25, 0.3) is 5.65 Å². The highest BCUT2D eigenvalue weighted by atomic mass is 35.5. The van der Waals surface area contributed by atoms with Crippen molar-refractivity contribution in [2.75, 3.05) is 12.1 Å². The first-order chi connectivity index (χ1) is 14.2. The minimum absolute atomic E-state index is 0.206. The summed E-state index contributed by atoms with van der Waals surface area (Å²) in [7, 11) is 0. The van der Waals surface area contributed by atoms with Crippen molar-refractivity contribution in [2.45, 2.75) is 18.3 Å². The zero-order chi connectivity index (χ0) is 19.4. The molecule has 4 aromatic rings. The summed E-state index contributed by atoms with van der Waals surface area (Å²) in [5.41, 5.74) is 2.52. The van der Waals surface area contributed by atoms with Crippen LogP contribution in [0.5, 0.6) is 11.5 Å². The summed E-state index contributed by atoms with van der Waals surface area (Å²) < 4.78 is 12.8. The van der Waals surface area contributed by atoms with Gasteiger partial charge in [0.2, 0.25) is 6.79 Å². The van der Waals surface area contributed by atoms with Crippen molar-refractivity contribution in [3.63, 3.8) is 0 Å². The molecule has 144 valence electrons. The number of hydrogen-bond acceptors (Lipinski definition) is 6. The highest BCUT2D eigenvalue weighted by Gasteiger charge is 2.50. The quantitative estimate of drug-likeness (QED) is 0.544. The average molecular weight is 406 g/mol. The molecule has 1 aliphatic carbocycles. The van der Waals surface area contributed by atoms with Gasteiger partial charge in [0.05, 0.1) is 5.41 Å². The monoisotopic (exact) mass is 405 g/mol.